The summed E-state index contributed by atoms with van der Waals surface area (Å²) in [6, 6.07) is 9.90. The SMILES string of the molecule is c1ccc2c(c1)OCCC2N1CCN(C2CNC2)CC1. The molecule has 1 atom stereocenters. The van der Waals surface area contributed by atoms with E-state index in [2.05, 4.69) is 39.4 Å². The molecule has 2 fully saturated rings. The van der Waals surface area contributed by atoms with Gasteiger partial charge in [0.1, 0.15) is 5.75 Å². The van der Waals surface area contributed by atoms with Crippen molar-refractivity contribution < 1.29 is 4.74 Å². The van der Waals surface area contributed by atoms with Crippen LogP contribution in [0, 0.1) is 0 Å². The van der Waals surface area contributed by atoms with Crippen LogP contribution in [-0.4, -0.2) is 61.7 Å². The number of nitrogens with one attached hydrogen (secondary N) is 1. The molecule has 0 bridgehead atoms. The lowest BCUT2D eigenvalue weighted by atomic mass is 9.98. The standard InChI is InChI=1S/C16H23N3O/c1-2-4-16-14(3-1)15(5-10-20-16)19-8-6-18(7-9-19)13-11-17-12-13/h1-4,13,15,17H,5-12H2. The van der Waals surface area contributed by atoms with Crippen molar-refractivity contribution in [2.45, 2.75) is 18.5 Å². The van der Waals surface area contributed by atoms with Crippen LogP contribution in [0.5, 0.6) is 5.75 Å². The molecule has 0 spiro atoms. The first-order valence-corrected chi connectivity index (χ1v) is 7.82. The van der Waals surface area contributed by atoms with E-state index in [-0.39, 0.29) is 0 Å². The van der Waals surface area contributed by atoms with Crippen molar-refractivity contribution in [3.63, 3.8) is 0 Å². The lowest BCUT2D eigenvalue weighted by Crippen LogP contribution is -2.61. The fourth-order valence-corrected chi connectivity index (χ4v) is 3.65. The molecule has 1 aromatic rings. The summed E-state index contributed by atoms with van der Waals surface area (Å²) in [5, 5.41) is 3.37. The second-order valence-corrected chi connectivity index (χ2v) is 6.07. The van der Waals surface area contributed by atoms with E-state index in [0.29, 0.717) is 6.04 Å². The molecule has 0 amide bonds. The Labute approximate surface area is 120 Å². The van der Waals surface area contributed by atoms with Gasteiger partial charge in [0.05, 0.1) is 6.61 Å². The highest BCUT2D eigenvalue weighted by Gasteiger charge is 2.32. The number of hydrogen-bond donors (Lipinski definition) is 1. The molecule has 3 heterocycles. The largest absolute Gasteiger partial charge is 0.493 e. The van der Waals surface area contributed by atoms with Gasteiger partial charge in [-0.05, 0) is 6.07 Å². The Morgan fingerprint density at radius 3 is 2.50 bits per heavy atom. The predicted octanol–water partition coefficient (Wildman–Crippen LogP) is 1.10. The smallest absolute Gasteiger partial charge is 0.124 e. The molecule has 3 aliphatic heterocycles. The third-order valence-corrected chi connectivity index (χ3v) is 4.99. The Kier molecular flexibility index (Phi) is 3.38. The van der Waals surface area contributed by atoms with Crippen LogP contribution in [0.2, 0.25) is 0 Å². The molecule has 4 heteroatoms. The van der Waals surface area contributed by atoms with Gasteiger partial charge in [0, 0.05) is 63.3 Å². The van der Waals surface area contributed by atoms with Crippen LogP contribution in [-0.2, 0) is 0 Å². The summed E-state index contributed by atoms with van der Waals surface area (Å²) >= 11 is 0. The summed E-state index contributed by atoms with van der Waals surface area (Å²) in [5.41, 5.74) is 1.39. The Morgan fingerprint density at radius 1 is 1.00 bits per heavy atom. The molecule has 0 aliphatic carbocycles. The van der Waals surface area contributed by atoms with Crippen molar-refractivity contribution in [2.24, 2.45) is 0 Å². The zero-order chi connectivity index (χ0) is 13.4. The van der Waals surface area contributed by atoms with Crippen molar-refractivity contribution in [1.29, 1.82) is 0 Å². The van der Waals surface area contributed by atoms with Gasteiger partial charge in [0.25, 0.3) is 0 Å². The first-order chi connectivity index (χ1) is 9.92. The molecule has 108 valence electrons. The van der Waals surface area contributed by atoms with Crippen LogP contribution in [0.25, 0.3) is 0 Å². The Balaban J connectivity index is 1.44. The zero-order valence-electron chi connectivity index (χ0n) is 11.9. The molecular weight excluding hydrogens is 250 g/mol. The molecule has 3 aliphatic rings. The van der Waals surface area contributed by atoms with E-state index in [0.717, 1.165) is 24.8 Å². The van der Waals surface area contributed by atoms with E-state index in [1.165, 1.54) is 44.8 Å². The first-order valence-electron chi connectivity index (χ1n) is 7.82. The molecule has 4 nitrogen and oxygen atoms in total. The fourth-order valence-electron chi connectivity index (χ4n) is 3.65. The van der Waals surface area contributed by atoms with E-state index < -0.39 is 0 Å². The highest BCUT2D eigenvalue weighted by Crippen LogP contribution is 2.36. The topological polar surface area (TPSA) is 27.7 Å². The number of rotatable bonds is 2. The zero-order valence-corrected chi connectivity index (χ0v) is 11.9. The summed E-state index contributed by atoms with van der Waals surface area (Å²) < 4.78 is 5.79. The minimum absolute atomic E-state index is 0.557. The van der Waals surface area contributed by atoms with E-state index in [1.807, 2.05) is 0 Å². The molecule has 1 aromatic carbocycles. The fraction of sp³-hybridized carbons (Fsp3) is 0.625. The Hall–Kier alpha value is -1.10. The number of fused-ring (bicyclic) bond motifs is 1. The molecule has 4 rings (SSSR count). The molecule has 1 N–H and O–H groups in total. The third kappa shape index (κ3) is 2.22. The minimum atomic E-state index is 0.557. The number of nitrogens with zero attached hydrogens (tertiary/aromatic N) is 2. The quantitative estimate of drug-likeness (QED) is 0.873. The van der Waals surface area contributed by atoms with E-state index in [4.69, 9.17) is 4.74 Å². The third-order valence-electron chi connectivity index (χ3n) is 4.99. The average molecular weight is 273 g/mol. The molecule has 0 radical (unpaired) electrons. The van der Waals surface area contributed by atoms with E-state index in [1.54, 1.807) is 0 Å². The summed E-state index contributed by atoms with van der Waals surface area (Å²) in [5.74, 6) is 1.09. The highest BCUT2D eigenvalue weighted by molar-refractivity contribution is 5.37. The Bertz CT molecular complexity index is 467. The van der Waals surface area contributed by atoms with Crippen molar-refractivity contribution in [3.8, 4) is 5.75 Å². The van der Waals surface area contributed by atoms with Gasteiger partial charge in [-0.3, -0.25) is 9.80 Å². The molecule has 0 saturated carbocycles. The maximum absolute atomic E-state index is 5.79. The van der Waals surface area contributed by atoms with E-state index >= 15 is 0 Å². The van der Waals surface area contributed by atoms with E-state index in [9.17, 15) is 0 Å². The van der Waals surface area contributed by atoms with Crippen LogP contribution in [0.4, 0.5) is 0 Å². The van der Waals surface area contributed by atoms with Crippen molar-refractivity contribution in [1.82, 2.24) is 15.1 Å². The van der Waals surface area contributed by atoms with Gasteiger partial charge in [-0.2, -0.15) is 0 Å². The second kappa shape index (κ2) is 5.35. The average Bonchev–Trinajstić information content (AvgIpc) is 2.46. The second-order valence-electron chi connectivity index (χ2n) is 6.07. The minimum Gasteiger partial charge on any atom is -0.493 e. The van der Waals surface area contributed by atoms with Gasteiger partial charge in [0.2, 0.25) is 0 Å². The van der Waals surface area contributed by atoms with Gasteiger partial charge in [0.15, 0.2) is 0 Å². The normalized spacial score (nSPS) is 28.5. The number of hydrogen-bond acceptors (Lipinski definition) is 4. The number of para-hydroxylation sites is 1. The lowest BCUT2D eigenvalue weighted by molar-refractivity contribution is 0.0400. The van der Waals surface area contributed by atoms with Gasteiger partial charge in [-0.25, -0.2) is 0 Å². The number of ether oxygens (including phenoxy) is 1. The molecular formula is C16H23N3O. The molecule has 20 heavy (non-hydrogen) atoms. The highest BCUT2D eigenvalue weighted by atomic mass is 16.5. The molecule has 1 unspecified atom stereocenters. The first kappa shape index (κ1) is 12.6. The van der Waals surface area contributed by atoms with Crippen molar-refractivity contribution in [3.05, 3.63) is 29.8 Å². The van der Waals surface area contributed by atoms with Crippen molar-refractivity contribution >= 4 is 0 Å². The van der Waals surface area contributed by atoms with Gasteiger partial charge in [-0.1, -0.05) is 18.2 Å². The van der Waals surface area contributed by atoms with Crippen LogP contribution in [0.3, 0.4) is 0 Å². The number of piperazine rings is 1. The molecule has 2 saturated heterocycles. The van der Waals surface area contributed by atoms with Crippen LogP contribution in [0.15, 0.2) is 24.3 Å². The van der Waals surface area contributed by atoms with Gasteiger partial charge < -0.3 is 10.1 Å². The van der Waals surface area contributed by atoms with Crippen LogP contribution in [0.1, 0.15) is 18.0 Å². The summed E-state index contributed by atoms with van der Waals surface area (Å²) in [6.07, 6.45) is 1.13. The predicted molar refractivity (Wildman–Crippen MR) is 79.1 cm³/mol. The van der Waals surface area contributed by atoms with Gasteiger partial charge in [-0.15, -0.1) is 0 Å². The monoisotopic (exact) mass is 273 g/mol. The summed E-state index contributed by atoms with van der Waals surface area (Å²) in [4.78, 5) is 5.31. The maximum Gasteiger partial charge on any atom is 0.124 e. The van der Waals surface area contributed by atoms with Gasteiger partial charge >= 0.3 is 0 Å². The summed E-state index contributed by atoms with van der Waals surface area (Å²) in [6.45, 7) is 8.03. The molecule has 0 aromatic heterocycles. The van der Waals surface area contributed by atoms with Crippen LogP contribution >= 0.6 is 0 Å². The lowest BCUT2D eigenvalue weighted by Gasteiger charge is -2.46. The Morgan fingerprint density at radius 2 is 1.75 bits per heavy atom. The van der Waals surface area contributed by atoms with Crippen molar-refractivity contribution in [2.75, 3.05) is 45.9 Å². The summed E-state index contributed by atoms with van der Waals surface area (Å²) in [7, 11) is 0. The van der Waals surface area contributed by atoms with Crippen LogP contribution < -0.4 is 10.1 Å². The number of benzene rings is 1. The maximum atomic E-state index is 5.79.